The van der Waals surface area contributed by atoms with Crippen molar-refractivity contribution in [2.24, 2.45) is 0 Å². The predicted molar refractivity (Wildman–Crippen MR) is 137 cm³/mol. The number of nitrogens with one attached hydrogen (secondary N) is 1. The number of nitrogens with zero attached hydrogens (tertiary/aromatic N) is 4. The molecular weight excluding hydrogens is 462 g/mol. The van der Waals surface area contributed by atoms with Crippen LogP contribution in [-0.4, -0.2) is 57.1 Å². The molecule has 9 heteroatoms. The van der Waals surface area contributed by atoms with Gasteiger partial charge in [-0.3, -0.25) is 9.36 Å². The number of carbonyl (C=O) groups is 1. The molecule has 0 aliphatic heterocycles. The van der Waals surface area contributed by atoms with Crippen LogP contribution in [0.3, 0.4) is 0 Å². The first-order valence-corrected chi connectivity index (χ1v) is 12.7. The van der Waals surface area contributed by atoms with Gasteiger partial charge < -0.3 is 19.4 Å². The number of aromatic amines is 1. The van der Waals surface area contributed by atoms with Crippen LogP contribution in [-0.2, 0) is 11.3 Å². The summed E-state index contributed by atoms with van der Waals surface area (Å²) >= 11 is 1.46. The quantitative estimate of drug-likeness (QED) is 0.317. The van der Waals surface area contributed by atoms with Gasteiger partial charge in [0.1, 0.15) is 0 Å². The van der Waals surface area contributed by atoms with E-state index in [0.29, 0.717) is 36.4 Å². The van der Waals surface area contributed by atoms with Crippen LogP contribution in [0.25, 0.3) is 22.3 Å². The SMILES string of the molecule is CCN(Cc1ccc(OC)c(OC)c1)C(=O)CSc1nnc(-c2c[nH]c3ccccc23)n1C1CC1. The van der Waals surface area contributed by atoms with E-state index in [-0.39, 0.29) is 5.91 Å². The number of amides is 1. The Hall–Kier alpha value is -3.46. The lowest BCUT2D eigenvalue weighted by molar-refractivity contribution is -0.128. The molecule has 0 bridgehead atoms. The molecule has 2 aromatic heterocycles. The van der Waals surface area contributed by atoms with E-state index in [1.54, 1.807) is 14.2 Å². The molecular formula is C26H29N5O3S. The minimum Gasteiger partial charge on any atom is -0.493 e. The van der Waals surface area contributed by atoms with Gasteiger partial charge in [0.15, 0.2) is 22.5 Å². The molecule has 1 aliphatic rings. The molecule has 182 valence electrons. The number of para-hydroxylation sites is 1. The molecule has 0 radical (unpaired) electrons. The summed E-state index contributed by atoms with van der Waals surface area (Å²) in [6.45, 7) is 3.11. The number of benzene rings is 2. The number of hydrogen-bond acceptors (Lipinski definition) is 6. The van der Waals surface area contributed by atoms with Crippen molar-refractivity contribution >= 4 is 28.6 Å². The van der Waals surface area contributed by atoms with Gasteiger partial charge in [0.2, 0.25) is 5.91 Å². The molecule has 0 atom stereocenters. The number of ether oxygens (including phenoxy) is 2. The first kappa shape index (κ1) is 23.3. The van der Waals surface area contributed by atoms with Gasteiger partial charge in [0.25, 0.3) is 0 Å². The molecule has 0 spiro atoms. The minimum absolute atomic E-state index is 0.0614. The van der Waals surface area contributed by atoms with E-state index in [0.717, 1.165) is 45.9 Å². The Morgan fingerprint density at radius 1 is 1.14 bits per heavy atom. The van der Waals surface area contributed by atoms with Crippen molar-refractivity contribution in [1.29, 1.82) is 0 Å². The average Bonchev–Trinajstić information content (AvgIpc) is 3.50. The summed E-state index contributed by atoms with van der Waals surface area (Å²) in [5.41, 5.74) is 3.11. The van der Waals surface area contributed by atoms with Crippen LogP contribution in [0.2, 0.25) is 0 Å². The number of H-pyrrole nitrogens is 1. The normalized spacial score (nSPS) is 13.2. The largest absolute Gasteiger partial charge is 0.493 e. The van der Waals surface area contributed by atoms with Gasteiger partial charge in [-0.1, -0.05) is 36.0 Å². The average molecular weight is 492 g/mol. The summed E-state index contributed by atoms with van der Waals surface area (Å²) in [4.78, 5) is 18.3. The molecule has 2 heterocycles. The Kier molecular flexibility index (Phi) is 6.68. The van der Waals surface area contributed by atoms with Crippen LogP contribution in [0.15, 0.2) is 53.8 Å². The van der Waals surface area contributed by atoms with Gasteiger partial charge in [-0.15, -0.1) is 10.2 Å². The van der Waals surface area contributed by atoms with E-state index >= 15 is 0 Å². The van der Waals surface area contributed by atoms with E-state index in [1.807, 2.05) is 48.4 Å². The highest BCUT2D eigenvalue weighted by Crippen LogP contribution is 2.42. The molecule has 1 N–H and O–H groups in total. The fraction of sp³-hybridized carbons (Fsp3) is 0.346. The molecule has 1 amide bonds. The Balaban J connectivity index is 1.31. The van der Waals surface area contributed by atoms with Crippen molar-refractivity contribution in [3.63, 3.8) is 0 Å². The monoisotopic (exact) mass is 491 g/mol. The maximum absolute atomic E-state index is 13.1. The van der Waals surface area contributed by atoms with Gasteiger partial charge in [-0.05, 0) is 43.5 Å². The molecule has 0 unspecified atom stereocenters. The zero-order valence-corrected chi connectivity index (χ0v) is 21.0. The van der Waals surface area contributed by atoms with Crippen molar-refractivity contribution in [1.82, 2.24) is 24.6 Å². The molecule has 4 aromatic rings. The van der Waals surface area contributed by atoms with Crippen molar-refractivity contribution in [2.75, 3.05) is 26.5 Å². The van der Waals surface area contributed by atoms with Crippen molar-refractivity contribution < 1.29 is 14.3 Å². The topological polar surface area (TPSA) is 85.3 Å². The number of fused-ring (bicyclic) bond motifs is 1. The third kappa shape index (κ3) is 4.73. The number of thioether (sulfide) groups is 1. The van der Waals surface area contributed by atoms with Crippen LogP contribution in [0.1, 0.15) is 31.4 Å². The van der Waals surface area contributed by atoms with Crippen LogP contribution < -0.4 is 9.47 Å². The summed E-state index contributed by atoms with van der Waals surface area (Å²) in [6.07, 6.45) is 4.21. The zero-order valence-electron chi connectivity index (χ0n) is 20.2. The highest BCUT2D eigenvalue weighted by molar-refractivity contribution is 7.99. The third-order valence-electron chi connectivity index (χ3n) is 6.29. The first-order chi connectivity index (χ1) is 17.1. The molecule has 0 saturated heterocycles. The van der Waals surface area contributed by atoms with E-state index < -0.39 is 0 Å². The van der Waals surface area contributed by atoms with Gasteiger partial charge in [0.05, 0.1) is 20.0 Å². The second kappa shape index (κ2) is 10.0. The first-order valence-electron chi connectivity index (χ1n) is 11.8. The fourth-order valence-electron chi connectivity index (χ4n) is 4.27. The summed E-state index contributed by atoms with van der Waals surface area (Å²) in [5.74, 6) is 2.56. The third-order valence-corrected chi connectivity index (χ3v) is 7.22. The maximum Gasteiger partial charge on any atom is 0.233 e. The number of aromatic nitrogens is 4. The minimum atomic E-state index is 0.0614. The van der Waals surface area contributed by atoms with Gasteiger partial charge in [-0.2, -0.15) is 0 Å². The molecule has 1 saturated carbocycles. The Labute approximate surface area is 208 Å². The molecule has 1 fully saturated rings. The second-order valence-corrected chi connectivity index (χ2v) is 9.48. The van der Waals surface area contributed by atoms with Crippen LogP contribution in [0, 0.1) is 0 Å². The summed E-state index contributed by atoms with van der Waals surface area (Å²) in [7, 11) is 3.22. The number of hydrogen-bond donors (Lipinski definition) is 1. The van der Waals surface area contributed by atoms with Crippen LogP contribution >= 0.6 is 11.8 Å². The van der Waals surface area contributed by atoms with E-state index in [2.05, 4.69) is 31.9 Å². The van der Waals surface area contributed by atoms with Gasteiger partial charge >= 0.3 is 0 Å². The van der Waals surface area contributed by atoms with E-state index in [4.69, 9.17) is 9.47 Å². The maximum atomic E-state index is 13.1. The highest BCUT2D eigenvalue weighted by atomic mass is 32.2. The van der Waals surface area contributed by atoms with E-state index in [9.17, 15) is 4.79 Å². The van der Waals surface area contributed by atoms with Gasteiger partial charge in [0, 0.05) is 41.8 Å². The lowest BCUT2D eigenvalue weighted by Crippen LogP contribution is -2.31. The second-order valence-electron chi connectivity index (χ2n) is 8.54. The summed E-state index contributed by atoms with van der Waals surface area (Å²) in [6, 6.07) is 14.3. The number of rotatable bonds is 10. The zero-order chi connectivity index (χ0) is 24.4. The Morgan fingerprint density at radius 3 is 2.69 bits per heavy atom. The van der Waals surface area contributed by atoms with Crippen molar-refractivity contribution in [3.8, 4) is 22.9 Å². The predicted octanol–water partition coefficient (Wildman–Crippen LogP) is 4.92. The Morgan fingerprint density at radius 2 is 1.94 bits per heavy atom. The fourth-order valence-corrected chi connectivity index (χ4v) is 5.18. The molecule has 2 aromatic carbocycles. The molecule has 8 nitrogen and oxygen atoms in total. The smallest absolute Gasteiger partial charge is 0.233 e. The number of methoxy groups -OCH3 is 2. The summed E-state index contributed by atoms with van der Waals surface area (Å²) < 4.78 is 12.9. The molecule has 35 heavy (non-hydrogen) atoms. The van der Waals surface area contributed by atoms with Crippen LogP contribution in [0.4, 0.5) is 0 Å². The van der Waals surface area contributed by atoms with Crippen molar-refractivity contribution in [2.45, 2.75) is 37.5 Å². The Bertz CT molecular complexity index is 1340. The van der Waals surface area contributed by atoms with Crippen LogP contribution in [0.5, 0.6) is 11.5 Å². The van der Waals surface area contributed by atoms with Gasteiger partial charge in [-0.25, -0.2) is 0 Å². The summed E-state index contributed by atoms with van der Waals surface area (Å²) in [5, 5.41) is 10.9. The van der Waals surface area contributed by atoms with E-state index in [1.165, 1.54) is 11.8 Å². The lowest BCUT2D eigenvalue weighted by atomic mass is 10.1. The molecule has 5 rings (SSSR count). The standard InChI is InChI=1S/C26H29N5O3S/c1-4-30(15-17-9-12-22(33-2)23(13-17)34-3)24(32)16-35-26-29-28-25(31(26)18-10-11-18)20-14-27-21-8-6-5-7-19(20)21/h5-9,12-14,18,27H,4,10-11,15-16H2,1-3H3. The molecule has 1 aliphatic carbocycles. The highest BCUT2D eigenvalue weighted by Gasteiger charge is 2.31. The number of carbonyl (C=O) groups excluding carboxylic acids is 1. The lowest BCUT2D eigenvalue weighted by Gasteiger charge is -2.21. The van der Waals surface area contributed by atoms with Crippen molar-refractivity contribution in [3.05, 3.63) is 54.2 Å².